The molecular formula is C24H32Cl3N5O3. The zero-order valence-corrected chi connectivity index (χ0v) is 21.8. The van der Waals surface area contributed by atoms with Crippen molar-refractivity contribution in [3.05, 3.63) is 75.4 Å². The van der Waals surface area contributed by atoms with Crippen molar-refractivity contribution in [1.29, 1.82) is 0 Å². The number of benzene rings is 2. The molecule has 0 atom stereocenters. The molecule has 2 N–H and O–H groups in total. The van der Waals surface area contributed by atoms with E-state index in [2.05, 4.69) is 21.0 Å². The fourth-order valence-corrected chi connectivity index (χ4v) is 4.37. The van der Waals surface area contributed by atoms with E-state index in [1.54, 1.807) is 21.6 Å². The Morgan fingerprint density at radius 3 is 2.31 bits per heavy atom. The third kappa shape index (κ3) is 8.44. The Bertz CT molecular complexity index is 1100. The Balaban J connectivity index is 0.00000216. The van der Waals surface area contributed by atoms with Gasteiger partial charge in [-0.05, 0) is 49.2 Å². The lowest BCUT2D eigenvalue weighted by Gasteiger charge is -2.36. The minimum absolute atomic E-state index is 0. The number of anilines is 1. The van der Waals surface area contributed by atoms with Crippen LogP contribution in [0.2, 0.25) is 10.0 Å². The summed E-state index contributed by atoms with van der Waals surface area (Å²) in [4.78, 5) is 17.4. The summed E-state index contributed by atoms with van der Waals surface area (Å²) in [5.74, 6) is 0.735. The van der Waals surface area contributed by atoms with Crippen LogP contribution in [0.1, 0.15) is 12.8 Å². The van der Waals surface area contributed by atoms with Crippen molar-refractivity contribution >= 4 is 41.3 Å². The number of nitrogens with zero attached hydrogens (tertiary/aromatic N) is 5. The van der Waals surface area contributed by atoms with Crippen LogP contribution in [0.15, 0.2) is 59.7 Å². The zero-order valence-electron chi connectivity index (χ0n) is 19.5. The molecule has 0 radical (unpaired) electrons. The van der Waals surface area contributed by atoms with Crippen molar-refractivity contribution in [1.82, 2.24) is 19.2 Å². The molecule has 35 heavy (non-hydrogen) atoms. The fourth-order valence-electron chi connectivity index (χ4n) is 4.01. The van der Waals surface area contributed by atoms with Gasteiger partial charge in [-0.3, -0.25) is 9.47 Å². The summed E-state index contributed by atoms with van der Waals surface area (Å²) < 4.78 is 8.89. The van der Waals surface area contributed by atoms with Crippen molar-refractivity contribution < 1.29 is 10.2 Å². The standard InChI is InChI=1S/C24H29Cl2N5O2.ClH.H2O/c25-20-5-1-7-22(17-20)29-14-12-28(13-15-29)9-3-11-31-24(32)30(19-27-31)10-4-16-33-23-8-2-6-21(26)18-23;;/h1-2,5-8,17-19H,3-4,9-16H2;1H;1H2. The molecule has 2 heterocycles. The van der Waals surface area contributed by atoms with Crippen LogP contribution in [-0.4, -0.2) is 64.1 Å². The Morgan fingerprint density at radius 1 is 0.886 bits per heavy atom. The topological polar surface area (TPSA) is 87.0 Å². The average molecular weight is 545 g/mol. The second kappa shape index (κ2) is 14.4. The van der Waals surface area contributed by atoms with Gasteiger partial charge in [0.15, 0.2) is 0 Å². The van der Waals surface area contributed by atoms with E-state index in [0.29, 0.717) is 24.7 Å². The van der Waals surface area contributed by atoms with E-state index in [4.69, 9.17) is 27.9 Å². The molecule has 0 saturated carbocycles. The Labute approximate surface area is 221 Å². The van der Waals surface area contributed by atoms with Crippen LogP contribution in [0.4, 0.5) is 5.69 Å². The van der Waals surface area contributed by atoms with E-state index in [1.807, 2.05) is 36.4 Å². The maximum atomic E-state index is 12.6. The molecule has 4 rings (SSSR count). The number of hydrogen-bond donors (Lipinski definition) is 0. The van der Waals surface area contributed by atoms with Crippen LogP contribution >= 0.6 is 35.6 Å². The van der Waals surface area contributed by atoms with E-state index in [0.717, 1.165) is 56.3 Å². The van der Waals surface area contributed by atoms with Gasteiger partial charge in [0.2, 0.25) is 0 Å². The molecule has 11 heteroatoms. The van der Waals surface area contributed by atoms with E-state index in [-0.39, 0.29) is 23.6 Å². The average Bonchev–Trinajstić information content (AvgIpc) is 3.16. The van der Waals surface area contributed by atoms with Crippen molar-refractivity contribution in [2.24, 2.45) is 0 Å². The fraction of sp³-hybridized carbons (Fsp3) is 0.417. The molecular weight excluding hydrogens is 513 g/mol. The summed E-state index contributed by atoms with van der Waals surface area (Å²) in [7, 11) is 0. The first-order valence-electron chi connectivity index (χ1n) is 11.3. The highest BCUT2D eigenvalue weighted by Gasteiger charge is 2.17. The molecule has 0 spiro atoms. The van der Waals surface area contributed by atoms with Crippen molar-refractivity contribution in [3.8, 4) is 5.75 Å². The second-order valence-electron chi connectivity index (χ2n) is 8.15. The van der Waals surface area contributed by atoms with Gasteiger partial charge >= 0.3 is 5.69 Å². The summed E-state index contributed by atoms with van der Waals surface area (Å²) in [6.45, 7) is 6.63. The van der Waals surface area contributed by atoms with Crippen LogP contribution in [0.5, 0.6) is 5.75 Å². The number of aromatic nitrogens is 3. The van der Waals surface area contributed by atoms with Gasteiger partial charge in [0.05, 0.1) is 6.61 Å². The van der Waals surface area contributed by atoms with E-state index in [1.165, 1.54) is 5.69 Å². The quantitative estimate of drug-likeness (QED) is 0.364. The lowest BCUT2D eigenvalue weighted by Crippen LogP contribution is -2.46. The maximum absolute atomic E-state index is 12.6. The molecule has 1 aromatic heterocycles. The first-order valence-corrected chi connectivity index (χ1v) is 12.1. The predicted molar refractivity (Wildman–Crippen MR) is 144 cm³/mol. The molecule has 1 fully saturated rings. The van der Waals surface area contributed by atoms with Gasteiger partial charge in [-0.15, -0.1) is 12.4 Å². The zero-order chi connectivity index (χ0) is 23.0. The van der Waals surface area contributed by atoms with Crippen LogP contribution in [0.25, 0.3) is 0 Å². The van der Waals surface area contributed by atoms with Crippen LogP contribution in [0, 0.1) is 0 Å². The van der Waals surface area contributed by atoms with E-state index >= 15 is 0 Å². The lowest BCUT2D eigenvalue weighted by molar-refractivity contribution is 0.248. The molecule has 192 valence electrons. The first-order chi connectivity index (χ1) is 16.1. The van der Waals surface area contributed by atoms with Gasteiger partial charge in [0.1, 0.15) is 12.1 Å². The molecule has 0 aliphatic carbocycles. The third-order valence-electron chi connectivity index (χ3n) is 5.79. The summed E-state index contributed by atoms with van der Waals surface area (Å²) in [6.07, 6.45) is 3.23. The molecule has 0 amide bonds. The largest absolute Gasteiger partial charge is 0.493 e. The highest BCUT2D eigenvalue weighted by atomic mass is 35.5. The molecule has 1 aliphatic heterocycles. The van der Waals surface area contributed by atoms with Gasteiger partial charge in [-0.1, -0.05) is 35.3 Å². The van der Waals surface area contributed by atoms with Crippen molar-refractivity contribution in [2.45, 2.75) is 25.9 Å². The van der Waals surface area contributed by atoms with Gasteiger partial charge in [0, 0.05) is 61.5 Å². The van der Waals surface area contributed by atoms with Crippen LogP contribution in [-0.2, 0) is 13.1 Å². The molecule has 0 bridgehead atoms. The number of piperazine rings is 1. The molecule has 0 unspecified atom stereocenters. The number of ether oxygens (including phenoxy) is 1. The summed E-state index contributed by atoms with van der Waals surface area (Å²) in [5.41, 5.74) is 1.11. The highest BCUT2D eigenvalue weighted by molar-refractivity contribution is 6.31. The lowest BCUT2D eigenvalue weighted by atomic mass is 10.2. The molecule has 1 saturated heterocycles. The predicted octanol–water partition coefficient (Wildman–Crippen LogP) is 3.63. The minimum Gasteiger partial charge on any atom is -0.493 e. The van der Waals surface area contributed by atoms with Crippen molar-refractivity contribution in [3.63, 3.8) is 0 Å². The van der Waals surface area contributed by atoms with Crippen molar-refractivity contribution in [2.75, 3.05) is 44.2 Å². The summed E-state index contributed by atoms with van der Waals surface area (Å²) >= 11 is 12.1. The minimum atomic E-state index is -0.0662. The molecule has 2 aromatic carbocycles. The monoisotopic (exact) mass is 543 g/mol. The number of halogens is 3. The molecule has 1 aliphatic rings. The normalized spacial score (nSPS) is 13.7. The number of aryl methyl sites for hydroxylation is 2. The van der Waals surface area contributed by atoms with Gasteiger partial charge in [-0.2, -0.15) is 5.10 Å². The number of hydrogen-bond acceptors (Lipinski definition) is 5. The molecule has 8 nitrogen and oxygen atoms in total. The SMILES string of the molecule is Cl.O.O=c1n(CCCOc2cccc(Cl)c2)cnn1CCCN1CCN(c2cccc(Cl)c2)CC1. The number of rotatable bonds is 10. The Kier molecular flexibility index (Phi) is 11.9. The smallest absolute Gasteiger partial charge is 0.345 e. The van der Waals surface area contributed by atoms with Crippen LogP contribution < -0.4 is 15.3 Å². The van der Waals surface area contributed by atoms with E-state index in [9.17, 15) is 4.79 Å². The van der Waals surface area contributed by atoms with Gasteiger partial charge < -0.3 is 15.1 Å². The van der Waals surface area contributed by atoms with E-state index < -0.39 is 0 Å². The van der Waals surface area contributed by atoms with Gasteiger partial charge in [0.25, 0.3) is 0 Å². The summed E-state index contributed by atoms with van der Waals surface area (Å²) in [6, 6.07) is 15.3. The first kappa shape index (κ1) is 29.0. The second-order valence-corrected chi connectivity index (χ2v) is 9.02. The maximum Gasteiger partial charge on any atom is 0.345 e. The molecule has 3 aromatic rings. The summed E-state index contributed by atoms with van der Waals surface area (Å²) in [5, 5.41) is 5.69. The van der Waals surface area contributed by atoms with Crippen LogP contribution in [0.3, 0.4) is 0 Å². The Hall–Kier alpha value is -2.23. The highest BCUT2D eigenvalue weighted by Crippen LogP contribution is 2.21. The van der Waals surface area contributed by atoms with Gasteiger partial charge in [-0.25, -0.2) is 9.48 Å². The Morgan fingerprint density at radius 2 is 1.60 bits per heavy atom. The third-order valence-corrected chi connectivity index (χ3v) is 6.27.